The number of nitrogens with two attached hydrogens (primary N) is 1. The van der Waals surface area contributed by atoms with Crippen molar-refractivity contribution in [2.24, 2.45) is 5.92 Å². The normalized spacial score (nSPS) is 17.1. The van der Waals surface area contributed by atoms with Gasteiger partial charge in [0, 0.05) is 25.4 Å². The Hall–Kier alpha value is -1.31. The number of nitrogen functional groups attached to an aromatic ring is 1. The molecule has 1 aromatic carbocycles. The molecule has 0 atom stereocenters. The number of hydrogen-bond donors (Lipinski definition) is 2. The third-order valence-electron chi connectivity index (χ3n) is 3.38. The van der Waals surface area contributed by atoms with Crippen molar-refractivity contribution < 1.29 is 17.9 Å². The number of methoxy groups -OCH3 is 1. The van der Waals surface area contributed by atoms with E-state index in [0.717, 1.165) is 12.8 Å². The Labute approximate surface area is 119 Å². The fraction of sp³-hybridized carbons (Fsp3) is 0.538. The second-order valence-electron chi connectivity index (χ2n) is 4.82. The van der Waals surface area contributed by atoms with Crippen LogP contribution in [0, 0.1) is 5.92 Å². The first-order valence-electron chi connectivity index (χ1n) is 6.54. The minimum absolute atomic E-state index is 0.0760. The fourth-order valence-electron chi connectivity index (χ4n) is 2.16. The molecule has 0 bridgehead atoms. The average Bonchev–Trinajstić information content (AvgIpc) is 2.46. The smallest absolute Gasteiger partial charge is 0.244 e. The van der Waals surface area contributed by atoms with Gasteiger partial charge in [-0.2, -0.15) is 0 Å². The van der Waals surface area contributed by atoms with E-state index in [1.165, 1.54) is 13.2 Å². The summed E-state index contributed by atoms with van der Waals surface area (Å²) in [5.74, 6) is 0.601. The molecule has 112 valence electrons. The van der Waals surface area contributed by atoms with Gasteiger partial charge in [0.2, 0.25) is 10.0 Å². The van der Waals surface area contributed by atoms with Crippen LogP contribution in [0.15, 0.2) is 23.1 Å². The molecule has 1 heterocycles. The molecule has 1 aliphatic rings. The van der Waals surface area contributed by atoms with Gasteiger partial charge in [-0.1, -0.05) is 0 Å². The van der Waals surface area contributed by atoms with Crippen LogP contribution in [0.2, 0.25) is 0 Å². The van der Waals surface area contributed by atoms with Gasteiger partial charge in [0.05, 0.1) is 7.11 Å². The maximum atomic E-state index is 12.3. The molecule has 0 aromatic heterocycles. The molecule has 1 aliphatic heterocycles. The van der Waals surface area contributed by atoms with E-state index in [1.807, 2.05) is 0 Å². The molecule has 2 rings (SSSR count). The summed E-state index contributed by atoms with van der Waals surface area (Å²) in [6.07, 6.45) is 1.74. The molecule has 20 heavy (non-hydrogen) atoms. The van der Waals surface area contributed by atoms with Crippen molar-refractivity contribution in [1.82, 2.24) is 4.72 Å². The van der Waals surface area contributed by atoms with Crippen molar-refractivity contribution in [1.29, 1.82) is 0 Å². The Morgan fingerprint density at radius 1 is 1.40 bits per heavy atom. The summed E-state index contributed by atoms with van der Waals surface area (Å²) in [5, 5.41) is 0. The molecule has 6 nitrogen and oxygen atoms in total. The molecule has 1 aromatic rings. The van der Waals surface area contributed by atoms with Gasteiger partial charge in [-0.15, -0.1) is 0 Å². The summed E-state index contributed by atoms with van der Waals surface area (Å²) >= 11 is 0. The maximum Gasteiger partial charge on any atom is 0.244 e. The van der Waals surface area contributed by atoms with Crippen molar-refractivity contribution >= 4 is 15.7 Å². The van der Waals surface area contributed by atoms with E-state index in [9.17, 15) is 8.42 Å². The van der Waals surface area contributed by atoms with E-state index in [2.05, 4.69) is 4.72 Å². The van der Waals surface area contributed by atoms with Crippen LogP contribution in [0.5, 0.6) is 5.75 Å². The SMILES string of the molecule is COc1ccc(N)cc1S(=O)(=O)NCC1CCOCC1. The topological polar surface area (TPSA) is 90.7 Å². The first kappa shape index (κ1) is 15.1. The largest absolute Gasteiger partial charge is 0.495 e. The molecule has 0 spiro atoms. The molecule has 3 N–H and O–H groups in total. The standard InChI is InChI=1S/C13H20N2O4S/c1-18-12-3-2-11(14)8-13(12)20(16,17)15-9-10-4-6-19-7-5-10/h2-3,8,10,15H,4-7,9,14H2,1H3. The molecule has 1 fully saturated rings. The van der Waals surface area contributed by atoms with E-state index in [-0.39, 0.29) is 4.90 Å². The van der Waals surface area contributed by atoms with Crippen LogP contribution in [0.25, 0.3) is 0 Å². The number of hydrogen-bond acceptors (Lipinski definition) is 5. The van der Waals surface area contributed by atoms with Crippen LogP contribution in [-0.4, -0.2) is 35.3 Å². The zero-order chi connectivity index (χ0) is 14.6. The third-order valence-corrected chi connectivity index (χ3v) is 4.82. The first-order valence-corrected chi connectivity index (χ1v) is 8.02. The van der Waals surface area contributed by atoms with Crippen molar-refractivity contribution in [3.05, 3.63) is 18.2 Å². The lowest BCUT2D eigenvalue weighted by atomic mass is 10.0. The van der Waals surface area contributed by atoms with E-state index in [0.29, 0.717) is 37.1 Å². The van der Waals surface area contributed by atoms with Crippen molar-refractivity contribution in [3.63, 3.8) is 0 Å². The fourth-order valence-corrected chi connectivity index (χ4v) is 3.48. The van der Waals surface area contributed by atoms with Crippen molar-refractivity contribution in [2.45, 2.75) is 17.7 Å². The molecule has 7 heteroatoms. The predicted octanol–water partition coefficient (Wildman–Crippen LogP) is 0.982. The van der Waals surface area contributed by atoms with E-state index in [4.69, 9.17) is 15.2 Å². The van der Waals surface area contributed by atoms with Gasteiger partial charge in [-0.3, -0.25) is 0 Å². The number of ether oxygens (including phenoxy) is 2. The molecule has 0 amide bonds. The average molecular weight is 300 g/mol. The second kappa shape index (κ2) is 6.43. The van der Waals surface area contributed by atoms with E-state index >= 15 is 0 Å². The highest BCUT2D eigenvalue weighted by Crippen LogP contribution is 2.26. The number of rotatable bonds is 5. The Bertz CT molecular complexity index is 553. The highest BCUT2D eigenvalue weighted by atomic mass is 32.2. The Kier molecular flexibility index (Phi) is 4.85. The molecule has 0 saturated carbocycles. The van der Waals surface area contributed by atoms with Crippen LogP contribution in [0.1, 0.15) is 12.8 Å². The third kappa shape index (κ3) is 3.62. The second-order valence-corrected chi connectivity index (χ2v) is 6.55. The van der Waals surface area contributed by atoms with Gasteiger partial charge in [0.1, 0.15) is 10.6 Å². The van der Waals surface area contributed by atoms with Gasteiger partial charge in [-0.05, 0) is 37.0 Å². The highest BCUT2D eigenvalue weighted by molar-refractivity contribution is 7.89. The van der Waals surface area contributed by atoms with Crippen LogP contribution >= 0.6 is 0 Å². The molecule has 0 unspecified atom stereocenters. The van der Waals surface area contributed by atoms with Crippen LogP contribution in [0.4, 0.5) is 5.69 Å². The van der Waals surface area contributed by atoms with Crippen molar-refractivity contribution in [3.8, 4) is 5.75 Å². The van der Waals surface area contributed by atoms with Gasteiger partial charge < -0.3 is 15.2 Å². The number of anilines is 1. The lowest BCUT2D eigenvalue weighted by Gasteiger charge is -2.22. The summed E-state index contributed by atoms with van der Waals surface area (Å²) < 4.78 is 37.6. The number of nitrogens with one attached hydrogen (secondary N) is 1. The van der Waals surface area contributed by atoms with Gasteiger partial charge in [0.25, 0.3) is 0 Å². The molecule has 0 radical (unpaired) electrons. The van der Waals surface area contributed by atoms with Crippen LogP contribution in [-0.2, 0) is 14.8 Å². The summed E-state index contributed by atoms with van der Waals surface area (Å²) in [6.45, 7) is 1.78. The zero-order valence-corrected chi connectivity index (χ0v) is 12.3. The monoisotopic (exact) mass is 300 g/mol. The zero-order valence-electron chi connectivity index (χ0n) is 11.5. The minimum atomic E-state index is -3.62. The molecule has 0 aliphatic carbocycles. The van der Waals surface area contributed by atoms with Crippen LogP contribution in [0.3, 0.4) is 0 Å². The highest BCUT2D eigenvalue weighted by Gasteiger charge is 2.22. The summed E-state index contributed by atoms with van der Waals surface area (Å²) in [6, 6.07) is 4.57. The maximum absolute atomic E-state index is 12.3. The first-order chi connectivity index (χ1) is 9.53. The number of benzene rings is 1. The summed E-state index contributed by atoms with van der Waals surface area (Å²) in [5.41, 5.74) is 6.04. The summed E-state index contributed by atoms with van der Waals surface area (Å²) in [4.78, 5) is 0.0760. The number of sulfonamides is 1. The minimum Gasteiger partial charge on any atom is -0.495 e. The Balaban J connectivity index is 2.11. The molecule has 1 saturated heterocycles. The quantitative estimate of drug-likeness (QED) is 0.791. The molecular weight excluding hydrogens is 280 g/mol. The van der Waals surface area contributed by atoms with Gasteiger partial charge >= 0.3 is 0 Å². The van der Waals surface area contributed by atoms with Gasteiger partial charge in [-0.25, -0.2) is 13.1 Å². The molecular formula is C13H20N2O4S. The predicted molar refractivity (Wildman–Crippen MR) is 76.1 cm³/mol. The van der Waals surface area contributed by atoms with Crippen molar-refractivity contribution in [2.75, 3.05) is 32.6 Å². The van der Waals surface area contributed by atoms with E-state index in [1.54, 1.807) is 12.1 Å². The van der Waals surface area contributed by atoms with E-state index < -0.39 is 10.0 Å². The van der Waals surface area contributed by atoms with Gasteiger partial charge in [0.15, 0.2) is 0 Å². The lowest BCUT2D eigenvalue weighted by molar-refractivity contribution is 0.0678. The summed E-state index contributed by atoms with van der Waals surface area (Å²) in [7, 11) is -2.19. The Morgan fingerprint density at radius 3 is 2.75 bits per heavy atom. The lowest BCUT2D eigenvalue weighted by Crippen LogP contribution is -2.32. The van der Waals surface area contributed by atoms with Crippen LogP contribution < -0.4 is 15.2 Å². The Morgan fingerprint density at radius 2 is 2.10 bits per heavy atom.